The molecule has 0 heterocycles. The lowest BCUT2D eigenvalue weighted by Gasteiger charge is -2.09. The van der Waals surface area contributed by atoms with Crippen molar-refractivity contribution >= 4 is 11.9 Å². The Balaban J connectivity index is 2.54. The SMILES string of the molecule is COC(=O)c1cc(F)cc(-c2ccc(C(=O)O)c(OC)c2)c1. The lowest BCUT2D eigenvalue weighted by molar-refractivity contribution is 0.0599. The van der Waals surface area contributed by atoms with Crippen LogP contribution in [0.2, 0.25) is 0 Å². The number of hydrogen-bond acceptors (Lipinski definition) is 4. The molecule has 0 aromatic heterocycles. The minimum absolute atomic E-state index is 0.00385. The average Bonchev–Trinajstić information content (AvgIpc) is 2.52. The number of ether oxygens (including phenoxy) is 2. The maximum atomic E-state index is 13.7. The summed E-state index contributed by atoms with van der Waals surface area (Å²) in [4.78, 5) is 22.6. The van der Waals surface area contributed by atoms with Crippen molar-refractivity contribution in [3.05, 3.63) is 53.3 Å². The van der Waals surface area contributed by atoms with Crippen LogP contribution < -0.4 is 4.74 Å². The number of esters is 1. The molecule has 0 aliphatic rings. The number of aromatic carboxylic acids is 1. The molecule has 0 atom stereocenters. The van der Waals surface area contributed by atoms with Gasteiger partial charge in [-0.25, -0.2) is 14.0 Å². The van der Waals surface area contributed by atoms with E-state index in [1.165, 1.54) is 44.6 Å². The topological polar surface area (TPSA) is 72.8 Å². The Bertz CT molecular complexity index is 739. The van der Waals surface area contributed by atoms with Gasteiger partial charge >= 0.3 is 11.9 Å². The molecule has 0 fully saturated rings. The van der Waals surface area contributed by atoms with Gasteiger partial charge < -0.3 is 14.6 Å². The minimum atomic E-state index is -1.13. The van der Waals surface area contributed by atoms with Gasteiger partial charge in [0.25, 0.3) is 0 Å². The van der Waals surface area contributed by atoms with Gasteiger partial charge in [-0.15, -0.1) is 0 Å². The van der Waals surface area contributed by atoms with E-state index in [9.17, 15) is 14.0 Å². The first-order chi connectivity index (χ1) is 10.5. The maximum Gasteiger partial charge on any atom is 0.339 e. The van der Waals surface area contributed by atoms with Crippen LogP contribution in [0.25, 0.3) is 11.1 Å². The second-order valence-electron chi connectivity index (χ2n) is 4.44. The van der Waals surface area contributed by atoms with Crippen LogP contribution in [0.4, 0.5) is 4.39 Å². The number of rotatable bonds is 4. The van der Waals surface area contributed by atoms with Gasteiger partial charge in [0.05, 0.1) is 19.8 Å². The van der Waals surface area contributed by atoms with Gasteiger partial charge in [0.15, 0.2) is 0 Å². The lowest BCUT2D eigenvalue weighted by Crippen LogP contribution is -2.03. The third-order valence-electron chi connectivity index (χ3n) is 3.08. The molecule has 22 heavy (non-hydrogen) atoms. The summed E-state index contributed by atoms with van der Waals surface area (Å²) in [5.41, 5.74) is 0.997. The molecule has 2 aromatic rings. The third kappa shape index (κ3) is 3.06. The summed E-state index contributed by atoms with van der Waals surface area (Å²) in [6.45, 7) is 0. The van der Waals surface area contributed by atoms with Crippen LogP contribution in [-0.2, 0) is 4.74 Å². The summed E-state index contributed by atoms with van der Waals surface area (Å²) in [7, 11) is 2.55. The summed E-state index contributed by atoms with van der Waals surface area (Å²) in [5.74, 6) is -2.24. The van der Waals surface area contributed by atoms with Crippen LogP contribution in [-0.4, -0.2) is 31.3 Å². The van der Waals surface area contributed by atoms with E-state index in [1.54, 1.807) is 0 Å². The molecular weight excluding hydrogens is 291 g/mol. The van der Waals surface area contributed by atoms with Crippen molar-refractivity contribution in [2.45, 2.75) is 0 Å². The first-order valence-corrected chi connectivity index (χ1v) is 6.27. The molecule has 0 unspecified atom stereocenters. The van der Waals surface area contributed by atoms with Gasteiger partial charge in [0.2, 0.25) is 0 Å². The highest BCUT2D eigenvalue weighted by atomic mass is 19.1. The number of benzene rings is 2. The fourth-order valence-electron chi connectivity index (χ4n) is 2.04. The van der Waals surface area contributed by atoms with Crippen LogP contribution in [0, 0.1) is 5.82 Å². The van der Waals surface area contributed by atoms with Crippen molar-refractivity contribution in [1.82, 2.24) is 0 Å². The van der Waals surface area contributed by atoms with Gasteiger partial charge in [-0.05, 0) is 41.5 Å². The first kappa shape index (κ1) is 15.5. The Morgan fingerprint density at radius 1 is 1.05 bits per heavy atom. The van der Waals surface area contributed by atoms with Crippen molar-refractivity contribution in [2.24, 2.45) is 0 Å². The van der Waals surface area contributed by atoms with Crippen LogP contribution in [0.3, 0.4) is 0 Å². The zero-order chi connectivity index (χ0) is 16.3. The summed E-state index contributed by atoms with van der Waals surface area (Å²) in [6.07, 6.45) is 0. The molecule has 6 heteroatoms. The normalized spacial score (nSPS) is 10.1. The van der Waals surface area contributed by atoms with Crippen molar-refractivity contribution in [2.75, 3.05) is 14.2 Å². The van der Waals surface area contributed by atoms with Crippen LogP contribution >= 0.6 is 0 Å². The number of methoxy groups -OCH3 is 2. The zero-order valence-corrected chi connectivity index (χ0v) is 11.9. The summed E-state index contributed by atoms with van der Waals surface area (Å²) < 4.78 is 23.3. The predicted octanol–water partition coefficient (Wildman–Crippen LogP) is 2.99. The van der Waals surface area contributed by atoms with E-state index in [4.69, 9.17) is 9.84 Å². The molecule has 0 amide bonds. The van der Waals surface area contributed by atoms with Gasteiger partial charge in [-0.2, -0.15) is 0 Å². The van der Waals surface area contributed by atoms with E-state index in [1.807, 2.05) is 0 Å². The summed E-state index contributed by atoms with van der Waals surface area (Å²) in [5, 5.41) is 9.05. The summed E-state index contributed by atoms with van der Waals surface area (Å²) >= 11 is 0. The first-order valence-electron chi connectivity index (χ1n) is 6.27. The van der Waals surface area contributed by atoms with Crippen molar-refractivity contribution in [3.8, 4) is 16.9 Å². The molecule has 0 saturated carbocycles. The van der Waals surface area contributed by atoms with E-state index >= 15 is 0 Å². The highest BCUT2D eigenvalue weighted by Crippen LogP contribution is 2.28. The second kappa shape index (κ2) is 6.26. The molecule has 5 nitrogen and oxygen atoms in total. The predicted molar refractivity (Wildman–Crippen MR) is 76.7 cm³/mol. The molecule has 0 saturated heterocycles. The Labute approximate surface area is 125 Å². The van der Waals surface area contributed by atoms with E-state index in [0.29, 0.717) is 11.1 Å². The molecule has 0 spiro atoms. The molecule has 2 rings (SSSR count). The number of halogens is 1. The number of carbonyl (C=O) groups excluding carboxylic acids is 1. The van der Waals surface area contributed by atoms with E-state index in [-0.39, 0.29) is 16.9 Å². The summed E-state index contributed by atoms with van der Waals surface area (Å²) in [6, 6.07) is 8.12. The fraction of sp³-hybridized carbons (Fsp3) is 0.125. The largest absolute Gasteiger partial charge is 0.496 e. The molecular formula is C16H13FO5. The van der Waals surface area contributed by atoms with Gasteiger partial charge in [0, 0.05) is 0 Å². The number of hydrogen-bond donors (Lipinski definition) is 1. The second-order valence-corrected chi connectivity index (χ2v) is 4.44. The van der Waals surface area contributed by atoms with Crippen molar-refractivity contribution in [3.63, 3.8) is 0 Å². The molecule has 1 N–H and O–H groups in total. The minimum Gasteiger partial charge on any atom is -0.496 e. The third-order valence-corrected chi connectivity index (χ3v) is 3.08. The van der Waals surface area contributed by atoms with Crippen LogP contribution in [0.5, 0.6) is 5.75 Å². The molecule has 2 aromatic carbocycles. The zero-order valence-electron chi connectivity index (χ0n) is 11.9. The molecule has 0 bridgehead atoms. The molecule has 0 radical (unpaired) electrons. The van der Waals surface area contributed by atoms with E-state index < -0.39 is 17.8 Å². The lowest BCUT2D eigenvalue weighted by atomic mass is 10.0. The van der Waals surface area contributed by atoms with Crippen LogP contribution in [0.1, 0.15) is 20.7 Å². The standard InChI is InChI=1S/C16H13FO5/c1-21-14-8-9(3-4-13(14)15(18)19)10-5-11(16(20)22-2)7-12(17)6-10/h3-8H,1-2H3,(H,18,19). The van der Waals surface area contributed by atoms with Crippen LogP contribution in [0.15, 0.2) is 36.4 Å². The van der Waals surface area contributed by atoms with E-state index in [2.05, 4.69) is 4.74 Å². The van der Waals surface area contributed by atoms with Crippen molar-refractivity contribution < 1.29 is 28.6 Å². The molecule has 114 valence electrons. The average molecular weight is 304 g/mol. The Morgan fingerprint density at radius 3 is 2.36 bits per heavy atom. The molecule has 0 aliphatic carbocycles. The number of carbonyl (C=O) groups is 2. The number of carboxylic acids is 1. The monoisotopic (exact) mass is 304 g/mol. The van der Waals surface area contributed by atoms with E-state index in [0.717, 1.165) is 6.07 Å². The maximum absolute atomic E-state index is 13.7. The Hall–Kier alpha value is -2.89. The number of carboxylic acid groups (broad SMARTS) is 1. The fourth-order valence-corrected chi connectivity index (χ4v) is 2.04. The highest BCUT2D eigenvalue weighted by Gasteiger charge is 2.14. The highest BCUT2D eigenvalue weighted by molar-refractivity contribution is 5.93. The Morgan fingerprint density at radius 2 is 1.77 bits per heavy atom. The van der Waals surface area contributed by atoms with Gasteiger partial charge in [-0.3, -0.25) is 0 Å². The molecule has 0 aliphatic heterocycles. The smallest absolute Gasteiger partial charge is 0.339 e. The van der Waals surface area contributed by atoms with Gasteiger partial charge in [0.1, 0.15) is 17.1 Å². The van der Waals surface area contributed by atoms with Crippen molar-refractivity contribution in [1.29, 1.82) is 0 Å². The Kier molecular flexibility index (Phi) is 4.41. The van der Waals surface area contributed by atoms with Gasteiger partial charge in [-0.1, -0.05) is 6.07 Å². The quantitative estimate of drug-likeness (QED) is 0.879.